The quantitative estimate of drug-likeness (QED) is 0.742. The second-order valence-electron chi connectivity index (χ2n) is 6.93. The molecule has 5 nitrogen and oxygen atoms in total. The minimum Gasteiger partial charge on any atom is -0.354 e. The monoisotopic (exact) mass is 426 g/mol. The van der Waals surface area contributed by atoms with E-state index in [0.29, 0.717) is 32.0 Å². The lowest BCUT2D eigenvalue weighted by atomic mass is 10.2. The van der Waals surface area contributed by atoms with Crippen LogP contribution in [0.5, 0.6) is 0 Å². The zero-order valence-corrected chi connectivity index (χ0v) is 16.7. The SMILES string of the molecule is CN(C(=O)CN1CCCN(c2ncc(C(F)(F)F)cc2Cl)CC1)c1ccccc1. The molecule has 1 fully saturated rings. The van der Waals surface area contributed by atoms with Crippen LogP contribution in [0.3, 0.4) is 0 Å². The molecule has 0 aliphatic carbocycles. The third-order valence-electron chi connectivity index (χ3n) is 4.91. The average Bonchev–Trinajstić information content (AvgIpc) is 2.92. The number of rotatable bonds is 4. The highest BCUT2D eigenvalue weighted by Crippen LogP contribution is 2.33. The largest absolute Gasteiger partial charge is 0.417 e. The third kappa shape index (κ3) is 5.39. The molecule has 1 aliphatic heterocycles. The summed E-state index contributed by atoms with van der Waals surface area (Å²) in [5, 5.41) is -0.0202. The molecule has 2 heterocycles. The van der Waals surface area contributed by atoms with Crippen LogP contribution in [0, 0.1) is 0 Å². The first kappa shape index (κ1) is 21.4. The molecule has 1 aromatic carbocycles. The number of carbonyl (C=O) groups excluding carboxylic acids is 1. The second-order valence-corrected chi connectivity index (χ2v) is 7.34. The standard InChI is InChI=1S/C20H22ClF3N4O/c1-26(16-6-3-2-4-7-16)18(29)14-27-8-5-9-28(11-10-27)19-17(21)12-15(13-25-19)20(22,23)24/h2-4,6-7,12-13H,5,8-11,14H2,1H3. The highest BCUT2D eigenvalue weighted by Gasteiger charge is 2.32. The van der Waals surface area contributed by atoms with E-state index in [1.54, 1.807) is 11.9 Å². The number of carbonyl (C=O) groups is 1. The lowest BCUT2D eigenvalue weighted by Gasteiger charge is -2.25. The Morgan fingerprint density at radius 2 is 1.90 bits per heavy atom. The maximum atomic E-state index is 12.8. The summed E-state index contributed by atoms with van der Waals surface area (Å²) in [6.45, 7) is 2.71. The Morgan fingerprint density at radius 3 is 2.55 bits per heavy atom. The van der Waals surface area contributed by atoms with Gasteiger partial charge in [-0.25, -0.2) is 4.98 Å². The summed E-state index contributed by atoms with van der Waals surface area (Å²) in [5.74, 6) is 0.324. The topological polar surface area (TPSA) is 39.7 Å². The third-order valence-corrected chi connectivity index (χ3v) is 5.19. The molecular weight excluding hydrogens is 405 g/mol. The number of alkyl halides is 3. The number of pyridine rings is 1. The van der Waals surface area contributed by atoms with Crippen molar-refractivity contribution in [1.29, 1.82) is 0 Å². The Bertz CT molecular complexity index is 847. The zero-order valence-electron chi connectivity index (χ0n) is 16.0. The molecule has 0 spiro atoms. The number of anilines is 2. The first-order valence-electron chi connectivity index (χ1n) is 9.27. The molecule has 0 unspecified atom stereocenters. The molecule has 0 atom stereocenters. The molecule has 1 aromatic heterocycles. The molecule has 9 heteroatoms. The Hall–Kier alpha value is -2.32. The first-order chi connectivity index (χ1) is 13.8. The van der Waals surface area contributed by atoms with Gasteiger partial charge in [0.1, 0.15) is 5.82 Å². The average molecular weight is 427 g/mol. The number of para-hydroxylation sites is 1. The van der Waals surface area contributed by atoms with Gasteiger partial charge in [-0.2, -0.15) is 13.2 Å². The summed E-state index contributed by atoms with van der Waals surface area (Å²) in [6.07, 6.45) is -2.92. The minimum absolute atomic E-state index is 0.0182. The summed E-state index contributed by atoms with van der Waals surface area (Å²) in [6, 6.07) is 10.3. The van der Waals surface area contributed by atoms with Crippen molar-refractivity contribution >= 4 is 29.0 Å². The summed E-state index contributed by atoms with van der Waals surface area (Å²) >= 11 is 6.07. The molecule has 2 aromatic rings. The van der Waals surface area contributed by atoms with Gasteiger partial charge in [-0.3, -0.25) is 9.69 Å². The van der Waals surface area contributed by atoms with Gasteiger partial charge in [0.05, 0.1) is 17.1 Å². The minimum atomic E-state index is -4.48. The molecule has 1 saturated heterocycles. The van der Waals surface area contributed by atoms with Crippen LogP contribution in [0.2, 0.25) is 5.02 Å². The Kier molecular flexibility index (Phi) is 6.64. The predicted octanol–water partition coefficient (Wildman–Crippen LogP) is 3.93. The van der Waals surface area contributed by atoms with E-state index in [9.17, 15) is 18.0 Å². The van der Waals surface area contributed by atoms with Crippen LogP contribution in [0.1, 0.15) is 12.0 Å². The number of likely N-dealkylation sites (N-methyl/N-ethyl adjacent to an activating group) is 1. The van der Waals surface area contributed by atoms with Crippen LogP contribution in [0.15, 0.2) is 42.6 Å². The van der Waals surface area contributed by atoms with Gasteiger partial charge in [-0.05, 0) is 24.6 Å². The van der Waals surface area contributed by atoms with Crippen molar-refractivity contribution in [3.05, 3.63) is 53.2 Å². The van der Waals surface area contributed by atoms with Crippen LogP contribution in [0.4, 0.5) is 24.7 Å². The van der Waals surface area contributed by atoms with Crippen LogP contribution in [0.25, 0.3) is 0 Å². The highest BCUT2D eigenvalue weighted by molar-refractivity contribution is 6.33. The van der Waals surface area contributed by atoms with Crippen LogP contribution < -0.4 is 9.80 Å². The molecule has 1 amide bonds. The summed E-state index contributed by atoms with van der Waals surface area (Å²) < 4.78 is 38.4. The summed E-state index contributed by atoms with van der Waals surface area (Å²) in [4.78, 5) is 22.1. The van der Waals surface area contributed by atoms with Crippen molar-refractivity contribution in [3.63, 3.8) is 0 Å². The lowest BCUT2D eigenvalue weighted by Crippen LogP contribution is -2.40. The van der Waals surface area contributed by atoms with Crippen molar-refractivity contribution in [2.45, 2.75) is 12.6 Å². The molecule has 0 saturated carbocycles. The number of hydrogen-bond acceptors (Lipinski definition) is 4. The maximum Gasteiger partial charge on any atom is 0.417 e. The fourth-order valence-corrected chi connectivity index (χ4v) is 3.54. The van der Waals surface area contributed by atoms with Crippen molar-refractivity contribution in [1.82, 2.24) is 9.88 Å². The van der Waals surface area contributed by atoms with Crippen molar-refractivity contribution in [2.75, 3.05) is 49.6 Å². The van der Waals surface area contributed by atoms with Crippen LogP contribution in [-0.4, -0.2) is 55.6 Å². The number of aromatic nitrogens is 1. The first-order valence-corrected chi connectivity index (χ1v) is 9.65. The van der Waals surface area contributed by atoms with Crippen molar-refractivity contribution in [2.24, 2.45) is 0 Å². The Labute approximate surface area is 172 Å². The van der Waals surface area contributed by atoms with E-state index in [1.807, 2.05) is 40.1 Å². The summed E-state index contributed by atoms with van der Waals surface area (Å²) in [5.41, 5.74) is -0.0353. The molecule has 0 radical (unpaired) electrons. The van der Waals surface area contributed by atoms with E-state index >= 15 is 0 Å². The van der Waals surface area contributed by atoms with Gasteiger partial charge in [0.15, 0.2) is 0 Å². The molecule has 156 valence electrons. The molecule has 1 aliphatic rings. The zero-order chi connectivity index (χ0) is 21.0. The molecule has 29 heavy (non-hydrogen) atoms. The van der Waals surface area contributed by atoms with Gasteiger partial charge in [0.2, 0.25) is 5.91 Å². The molecule has 0 N–H and O–H groups in total. The molecule has 0 bridgehead atoms. The summed E-state index contributed by atoms with van der Waals surface area (Å²) in [7, 11) is 1.74. The Morgan fingerprint density at radius 1 is 1.17 bits per heavy atom. The highest BCUT2D eigenvalue weighted by atomic mass is 35.5. The maximum absolute atomic E-state index is 12.8. The van der Waals surface area contributed by atoms with E-state index in [0.717, 1.165) is 24.4 Å². The molecule has 3 rings (SSSR count). The number of benzene rings is 1. The Balaban J connectivity index is 1.61. The van der Waals surface area contributed by atoms with E-state index in [2.05, 4.69) is 4.98 Å². The smallest absolute Gasteiger partial charge is 0.354 e. The van der Waals surface area contributed by atoms with Crippen LogP contribution >= 0.6 is 11.6 Å². The number of amides is 1. The van der Waals surface area contributed by atoms with Gasteiger partial charge in [-0.1, -0.05) is 29.8 Å². The van der Waals surface area contributed by atoms with E-state index in [-0.39, 0.29) is 17.5 Å². The van der Waals surface area contributed by atoms with Gasteiger partial charge in [-0.15, -0.1) is 0 Å². The lowest BCUT2D eigenvalue weighted by molar-refractivity contribution is -0.137. The fourth-order valence-electron chi connectivity index (χ4n) is 3.25. The number of nitrogens with zero attached hydrogens (tertiary/aromatic N) is 4. The van der Waals surface area contributed by atoms with Gasteiger partial charge < -0.3 is 9.80 Å². The number of hydrogen-bond donors (Lipinski definition) is 0. The van der Waals surface area contributed by atoms with Crippen LogP contribution in [-0.2, 0) is 11.0 Å². The van der Waals surface area contributed by atoms with Crippen molar-refractivity contribution < 1.29 is 18.0 Å². The fraction of sp³-hybridized carbons (Fsp3) is 0.400. The predicted molar refractivity (Wildman–Crippen MR) is 107 cm³/mol. The molecular formula is C20H22ClF3N4O. The second kappa shape index (κ2) is 9.00. The van der Waals surface area contributed by atoms with E-state index in [4.69, 9.17) is 11.6 Å². The number of halogens is 4. The van der Waals surface area contributed by atoms with Crippen molar-refractivity contribution in [3.8, 4) is 0 Å². The van der Waals surface area contributed by atoms with Gasteiger partial charge >= 0.3 is 6.18 Å². The van der Waals surface area contributed by atoms with E-state index in [1.165, 1.54) is 0 Å². The van der Waals surface area contributed by atoms with Gasteiger partial charge in [0.25, 0.3) is 0 Å². The van der Waals surface area contributed by atoms with E-state index < -0.39 is 11.7 Å². The normalized spacial score (nSPS) is 15.8. The van der Waals surface area contributed by atoms with Gasteiger partial charge in [0, 0.05) is 45.1 Å².